The molecule has 0 fully saturated rings. The summed E-state index contributed by atoms with van der Waals surface area (Å²) in [6.45, 7) is -0.110. The van der Waals surface area contributed by atoms with Crippen molar-refractivity contribution in [1.29, 1.82) is 0 Å². The molecule has 6 nitrogen and oxygen atoms in total. The van der Waals surface area contributed by atoms with E-state index in [9.17, 15) is 14.1 Å². The molecule has 0 spiro atoms. The maximum absolute atomic E-state index is 14.3. The number of nitrogens with zero attached hydrogens (tertiary/aromatic N) is 3. The molecule has 8 heteroatoms. The summed E-state index contributed by atoms with van der Waals surface area (Å²) in [5.74, 6) is -1.29. The number of carbonyl (C=O) groups is 1. The van der Waals surface area contributed by atoms with Crippen LogP contribution in [0.1, 0.15) is 11.1 Å². The molecular formula is C18H13ClFN3O3. The third-order valence-corrected chi connectivity index (χ3v) is 4.09. The van der Waals surface area contributed by atoms with Crippen LogP contribution in [0, 0.1) is 10.7 Å². The summed E-state index contributed by atoms with van der Waals surface area (Å²) in [7, 11) is 1.15. The van der Waals surface area contributed by atoms with E-state index >= 15 is 0 Å². The molecule has 0 radical (unpaired) electrons. The highest BCUT2D eigenvalue weighted by molar-refractivity contribution is 6.31. The van der Waals surface area contributed by atoms with Crippen LogP contribution in [0.4, 0.5) is 10.1 Å². The molecule has 0 saturated heterocycles. The van der Waals surface area contributed by atoms with E-state index in [-0.39, 0.29) is 17.8 Å². The minimum atomic E-state index is -1.42. The number of halogens is 2. The van der Waals surface area contributed by atoms with Gasteiger partial charge in [-0.25, -0.2) is 9.18 Å². The molecule has 0 amide bonds. The van der Waals surface area contributed by atoms with E-state index < -0.39 is 17.8 Å². The second kappa shape index (κ2) is 7.53. The van der Waals surface area contributed by atoms with Gasteiger partial charge in [-0.15, -0.1) is 4.91 Å². The van der Waals surface area contributed by atoms with Gasteiger partial charge in [0.1, 0.15) is 5.82 Å². The molecule has 1 aliphatic heterocycles. The van der Waals surface area contributed by atoms with Gasteiger partial charge in [-0.3, -0.25) is 9.98 Å². The molecule has 0 aromatic heterocycles. The average molecular weight is 374 g/mol. The van der Waals surface area contributed by atoms with E-state index in [4.69, 9.17) is 11.6 Å². The summed E-state index contributed by atoms with van der Waals surface area (Å²) in [6, 6.07) is 9.55. The molecule has 1 unspecified atom stereocenters. The van der Waals surface area contributed by atoms with Crippen molar-refractivity contribution in [3.8, 4) is 0 Å². The van der Waals surface area contributed by atoms with Crippen LogP contribution < -0.4 is 0 Å². The van der Waals surface area contributed by atoms with E-state index in [1.54, 1.807) is 36.4 Å². The van der Waals surface area contributed by atoms with Crippen molar-refractivity contribution in [3.63, 3.8) is 0 Å². The van der Waals surface area contributed by atoms with Crippen LogP contribution in [0.15, 0.2) is 57.6 Å². The van der Waals surface area contributed by atoms with Crippen molar-refractivity contribution in [2.45, 2.75) is 6.04 Å². The standard InChI is InChI=1S/C18H13ClFN3O3/c1-26-18(24)17(23-25)15-9-21-16(11-4-2-3-5-13(11)20)12-8-10(19)6-7-14(12)22-15/h2-8,17H,9H2,1H3. The van der Waals surface area contributed by atoms with Crippen molar-refractivity contribution >= 4 is 34.7 Å². The number of esters is 1. The molecule has 1 aliphatic rings. The number of methoxy groups -OCH3 is 1. The van der Waals surface area contributed by atoms with E-state index in [0.29, 0.717) is 22.0 Å². The fourth-order valence-corrected chi connectivity index (χ4v) is 2.79. The summed E-state index contributed by atoms with van der Waals surface area (Å²) >= 11 is 6.08. The Hall–Kier alpha value is -2.93. The molecule has 0 N–H and O–H groups in total. The first-order chi connectivity index (χ1) is 12.5. The monoisotopic (exact) mass is 373 g/mol. The second-order valence-electron chi connectivity index (χ2n) is 5.44. The lowest BCUT2D eigenvalue weighted by atomic mass is 10.0. The first-order valence-corrected chi connectivity index (χ1v) is 8.00. The van der Waals surface area contributed by atoms with E-state index in [1.165, 1.54) is 6.07 Å². The van der Waals surface area contributed by atoms with Gasteiger partial charge in [-0.2, -0.15) is 0 Å². The molecule has 1 atom stereocenters. The van der Waals surface area contributed by atoms with Gasteiger partial charge in [0.2, 0.25) is 6.04 Å². The van der Waals surface area contributed by atoms with Crippen LogP contribution in [0.2, 0.25) is 5.02 Å². The fraction of sp³-hybridized carbons (Fsp3) is 0.167. The number of rotatable bonds is 4. The van der Waals surface area contributed by atoms with E-state index in [0.717, 1.165) is 7.11 Å². The number of ether oxygens (including phenoxy) is 1. The number of aliphatic imine (C=N–C) groups is 2. The van der Waals surface area contributed by atoms with Crippen LogP contribution in [0.25, 0.3) is 0 Å². The van der Waals surface area contributed by atoms with Gasteiger partial charge in [-0.1, -0.05) is 23.7 Å². The number of benzene rings is 2. The average Bonchev–Trinajstić information content (AvgIpc) is 2.82. The fourth-order valence-electron chi connectivity index (χ4n) is 2.61. The normalized spacial score (nSPS) is 14.4. The predicted molar refractivity (Wildman–Crippen MR) is 97.1 cm³/mol. The van der Waals surface area contributed by atoms with Crippen molar-refractivity contribution in [2.75, 3.05) is 13.7 Å². The summed E-state index contributed by atoms with van der Waals surface area (Å²) in [4.78, 5) is 31.7. The van der Waals surface area contributed by atoms with Gasteiger partial charge in [0.15, 0.2) is 0 Å². The SMILES string of the molecule is COC(=O)C(N=O)C1=Nc2ccc(Cl)cc2C(c2ccccc2F)=NC1. The zero-order chi connectivity index (χ0) is 18.7. The number of carbonyl (C=O) groups excluding carboxylic acids is 1. The van der Waals surface area contributed by atoms with Crippen molar-refractivity contribution in [1.82, 2.24) is 0 Å². The van der Waals surface area contributed by atoms with E-state index in [2.05, 4.69) is 19.9 Å². The molecule has 3 rings (SSSR count). The van der Waals surface area contributed by atoms with Crippen LogP contribution in [-0.4, -0.2) is 37.1 Å². The lowest BCUT2D eigenvalue weighted by molar-refractivity contribution is -0.140. The number of fused-ring (bicyclic) bond motifs is 1. The zero-order valence-corrected chi connectivity index (χ0v) is 14.4. The smallest absolute Gasteiger partial charge is 0.340 e. The number of nitroso groups, excluding NO2 is 1. The third-order valence-electron chi connectivity index (χ3n) is 3.85. The minimum absolute atomic E-state index is 0.110. The van der Waals surface area contributed by atoms with Crippen LogP contribution >= 0.6 is 11.6 Å². The number of hydrogen-bond acceptors (Lipinski definition) is 6. The van der Waals surface area contributed by atoms with Crippen LogP contribution in [-0.2, 0) is 9.53 Å². The second-order valence-corrected chi connectivity index (χ2v) is 5.88. The predicted octanol–water partition coefficient (Wildman–Crippen LogP) is 3.71. The Labute approximate surface area is 153 Å². The Bertz CT molecular complexity index is 943. The molecule has 1 heterocycles. The summed E-state index contributed by atoms with van der Waals surface area (Å²) in [5, 5.41) is 3.23. The van der Waals surface area contributed by atoms with Crippen LogP contribution in [0.5, 0.6) is 0 Å². The van der Waals surface area contributed by atoms with Gasteiger partial charge in [-0.05, 0) is 35.5 Å². The van der Waals surface area contributed by atoms with Crippen molar-refractivity contribution in [3.05, 3.63) is 69.3 Å². The third kappa shape index (κ3) is 3.39. The first-order valence-electron chi connectivity index (χ1n) is 7.62. The lowest BCUT2D eigenvalue weighted by Crippen LogP contribution is -2.31. The molecule has 132 valence electrons. The highest BCUT2D eigenvalue weighted by atomic mass is 35.5. The molecule has 2 aromatic carbocycles. The van der Waals surface area contributed by atoms with Gasteiger partial charge in [0.05, 0.1) is 30.8 Å². The Kier molecular flexibility index (Phi) is 5.18. The van der Waals surface area contributed by atoms with Crippen molar-refractivity contribution < 1.29 is 13.9 Å². The summed E-state index contributed by atoms with van der Waals surface area (Å²) in [5.41, 5.74) is 1.60. The Morgan fingerprint density at radius 1 is 1.27 bits per heavy atom. The molecule has 2 aromatic rings. The van der Waals surface area contributed by atoms with Gasteiger partial charge in [0, 0.05) is 16.1 Å². The Balaban J connectivity index is 2.18. The molecular weight excluding hydrogens is 361 g/mol. The van der Waals surface area contributed by atoms with Crippen molar-refractivity contribution in [2.24, 2.45) is 15.2 Å². The molecule has 0 aliphatic carbocycles. The first kappa shape index (κ1) is 17.9. The highest BCUT2D eigenvalue weighted by Crippen LogP contribution is 2.29. The highest BCUT2D eigenvalue weighted by Gasteiger charge is 2.29. The Morgan fingerprint density at radius 3 is 2.73 bits per heavy atom. The van der Waals surface area contributed by atoms with Gasteiger partial charge >= 0.3 is 5.97 Å². The number of hydrogen-bond donors (Lipinski definition) is 0. The van der Waals surface area contributed by atoms with E-state index in [1.807, 2.05) is 0 Å². The minimum Gasteiger partial charge on any atom is -0.467 e. The quantitative estimate of drug-likeness (QED) is 0.605. The van der Waals surface area contributed by atoms with Gasteiger partial charge in [0.25, 0.3) is 0 Å². The maximum Gasteiger partial charge on any atom is 0.340 e. The molecule has 0 saturated carbocycles. The maximum atomic E-state index is 14.3. The summed E-state index contributed by atoms with van der Waals surface area (Å²) in [6.07, 6.45) is 0. The molecule has 0 bridgehead atoms. The topological polar surface area (TPSA) is 80.5 Å². The largest absolute Gasteiger partial charge is 0.467 e. The lowest BCUT2D eigenvalue weighted by Gasteiger charge is -2.09. The zero-order valence-electron chi connectivity index (χ0n) is 13.6. The summed E-state index contributed by atoms with van der Waals surface area (Å²) < 4.78 is 18.9. The Morgan fingerprint density at radius 2 is 2.04 bits per heavy atom. The molecule has 26 heavy (non-hydrogen) atoms. The van der Waals surface area contributed by atoms with Gasteiger partial charge < -0.3 is 4.74 Å². The van der Waals surface area contributed by atoms with Crippen LogP contribution in [0.3, 0.4) is 0 Å².